The Kier molecular flexibility index (Phi) is 7.07. The number of benzene rings is 3. The molecule has 34 heavy (non-hydrogen) atoms. The number of carbonyl (C=O) groups excluding carboxylic acids is 2. The molecule has 0 spiro atoms. The van der Waals surface area contributed by atoms with Crippen LogP contribution in [-0.2, 0) is 11.2 Å². The molecular formula is C28H26FN3O2. The molecule has 3 aromatic carbocycles. The zero-order chi connectivity index (χ0) is 24.1. The minimum Gasteiger partial charge on any atom is -0.346 e. The topological polar surface area (TPSA) is 72.0 Å². The van der Waals surface area contributed by atoms with Crippen LogP contribution < -0.4 is 5.32 Å². The SMILES string of the molecule is CC(=O)CCCc1nc2cc(C(=O)N[C@H](C)c3ccc(F)cc3)ccc2nc1-c1ccccc1. The van der Waals surface area contributed by atoms with Crippen molar-refractivity contribution in [3.8, 4) is 11.3 Å². The third-order valence-electron chi connectivity index (χ3n) is 5.71. The summed E-state index contributed by atoms with van der Waals surface area (Å²) in [5, 5.41) is 2.95. The first-order valence-corrected chi connectivity index (χ1v) is 11.3. The molecule has 5 nitrogen and oxygen atoms in total. The highest BCUT2D eigenvalue weighted by Gasteiger charge is 2.15. The molecule has 1 aromatic heterocycles. The number of rotatable bonds is 8. The minimum atomic E-state index is -0.315. The zero-order valence-corrected chi connectivity index (χ0v) is 19.2. The van der Waals surface area contributed by atoms with Crippen molar-refractivity contribution in [2.45, 2.75) is 39.2 Å². The minimum absolute atomic E-state index is 0.143. The number of Topliss-reactive ketones (excluding diaryl/α,β-unsaturated/α-hetero) is 1. The van der Waals surface area contributed by atoms with Gasteiger partial charge < -0.3 is 10.1 Å². The van der Waals surface area contributed by atoms with E-state index in [4.69, 9.17) is 9.97 Å². The molecule has 172 valence electrons. The van der Waals surface area contributed by atoms with Crippen LogP contribution in [0.15, 0.2) is 72.8 Å². The normalized spacial score (nSPS) is 11.9. The van der Waals surface area contributed by atoms with Crippen LogP contribution in [0.2, 0.25) is 0 Å². The second kappa shape index (κ2) is 10.3. The fourth-order valence-corrected chi connectivity index (χ4v) is 3.85. The lowest BCUT2D eigenvalue weighted by atomic mass is 10.0. The molecule has 1 atom stereocenters. The first-order chi connectivity index (χ1) is 16.4. The van der Waals surface area contributed by atoms with Crippen molar-refractivity contribution in [1.29, 1.82) is 0 Å². The lowest BCUT2D eigenvalue weighted by Crippen LogP contribution is -2.26. The molecule has 6 heteroatoms. The lowest BCUT2D eigenvalue weighted by Gasteiger charge is -2.15. The molecule has 4 aromatic rings. The van der Waals surface area contributed by atoms with Crippen molar-refractivity contribution in [3.05, 3.63) is 95.4 Å². The van der Waals surface area contributed by atoms with Crippen LogP contribution in [-0.4, -0.2) is 21.7 Å². The first kappa shape index (κ1) is 23.2. The smallest absolute Gasteiger partial charge is 0.251 e. The lowest BCUT2D eigenvalue weighted by molar-refractivity contribution is -0.117. The van der Waals surface area contributed by atoms with Gasteiger partial charge in [0.05, 0.1) is 28.5 Å². The number of aromatic nitrogens is 2. The van der Waals surface area contributed by atoms with E-state index in [1.165, 1.54) is 12.1 Å². The van der Waals surface area contributed by atoms with Gasteiger partial charge in [0.25, 0.3) is 5.91 Å². The second-order valence-corrected chi connectivity index (χ2v) is 8.39. The molecule has 0 radical (unpaired) electrons. The molecule has 0 unspecified atom stereocenters. The quantitative estimate of drug-likeness (QED) is 0.362. The van der Waals surface area contributed by atoms with E-state index in [-0.39, 0.29) is 23.5 Å². The maximum atomic E-state index is 13.2. The Hall–Kier alpha value is -3.93. The average molecular weight is 456 g/mol. The van der Waals surface area contributed by atoms with E-state index in [9.17, 15) is 14.0 Å². The van der Waals surface area contributed by atoms with E-state index in [2.05, 4.69) is 5.32 Å². The van der Waals surface area contributed by atoms with E-state index < -0.39 is 0 Å². The number of nitrogens with one attached hydrogen (secondary N) is 1. The van der Waals surface area contributed by atoms with Crippen LogP contribution in [0.25, 0.3) is 22.3 Å². The number of aryl methyl sites for hydroxylation is 1. The van der Waals surface area contributed by atoms with Gasteiger partial charge in [0.1, 0.15) is 11.6 Å². The molecule has 1 N–H and O–H groups in total. The molecular weight excluding hydrogens is 429 g/mol. The molecule has 1 amide bonds. The number of ketones is 1. The average Bonchev–Trinajstić information content (AvgIpc) is 2.84. The highest BCUT2D eigenvalue weighted by atomic mass is 19.1. The second-order valence-electron chi connectivity index (χ2n) is 8.39. The van der Waals surface area contributed by atoms with Crippen LogP contribution >= 0.6 is 0 Å². The largest absolute Gasteiger partial charge is 0.346 e. The highest BCUT2D eigenvalue weighted by Crippen LogP contribution is 2.25. The summed E-state index contributed by atoms with van der Waals surface area (Å²) in [4.78, 5) is 34.0. The maximum absolute atomic E-state index is 13.2. The van der Waals surface area contributed by atoms with Gasteiger partial charge >= 0.3 is 0 Å². The van der Waals surface area contributed by atoms with Gasteiger partial charge in [-0.2, -0.15) is 0 Å². The Balaban J connectivity index is 1.63. The Morgan fingerprint density at radius 2 is 1.68 bits per heavy atom. The summed E-state index contributed by atoms with van der Waals surface area (Å²) in [6, 6.07) is 20.9. The van der Waals surface area contributed by atoms with Crippen molar-refractivity contribution >= 4 is 22.7 Å². The Morgan fingerprint density at radius 1 is 0.941 bits per heavy atom. The summed E-state index contributed by atoms with van der Waals surface area (Å²) < 4.78 is 13.2. The van der Waals surface area contributed by atoms with Crippen LogP contribution in [0.3, 0.4) is 0 Å². The van der Waals surface area contributed by atoms with Gasteiger partial charge in [-0.15, -0.1) is 0 Å². The first-order valence-electron chi connectivity index (χ1n) is 11.3. The van der Waals surface area contributed by atoms with Gasteiger partial charge in [-0.05, 0) is 62.6 Å². The molecule has 0 bridgehead atoms. The van der Waals surface area contributed by atoms with Crippen LogP contribution in [0, 0.1) is 5.82 Å². The van der Waals surface area contributed by atoms with E-state index >= 15 is 0 Å². The summed E-state index contributed by atoms with van der Waals surface area (Å²) in [7, 11) is 0. The fourth-order valence-electron chi connectivity index (χ4n) is 3.85. The van der Waals surface area contributed by atoms with Gasteiger partial charge in [0.2, 0.25) is 0 Å². The highest BCUT2D eigenvalue weighted by molar-refractivity contribution is 5.97. The molecule has 1 heterocycles. The Bertz CT molecular complexity index is 1320. The van der Waals surface area contributed by atoms with Crippen LogP contribution in [0.5, 0.6) is 0 Å². The van der Waals surface area contributed by atoms with Crippen LogP contribution in [0.4, 0.5) is 4.39 Å². The van der Waals surface area contributed by atoms with E-state index in [1.807, 2.05) is 37.3 Å². The third kappa shape index (κ3) is 5.52. The van der Waals surface area contributed by atoms with Crippen molar-refractivity contribution in [2.24, 2.45) is 0 Å². The van der Waals surface area contributed by atoms with Crippen molar-refractivity contribution in [3.63, 3.8) is 0 Å². The van der Waals surface area contributed by atoms with Gasteiger partial charge in [-0.3, -0.25) is 4.79 Å². The van der Waals surface area contributed by atoms with E-state index in [0.717, 1.165) is 22.5 Å². The number of hydrogen-bond acceptors (Lipinski definition) is 4. The molecule has 0 fully saturated rings. The van der Waals surface area contributed by atoms with Crippen LogP contribution in [0.1, 0.15) is 54.3 Å². The Labute approximate surface area is 198 Å². The number of halogens is 1. The summed E-state index contributed by atoms with van der Waals surface area (Å²) in [5.41, 5.74) is 5.16. The number of hydrogen-bond donors (Lipinski definition) is 1. The summed E-state index contributed by atoms with van der Waals surface area (Å²) in [5.74, 6) is -0.417. The predicted octanol–water partition coefficient (Wildman–Crippen LogP) is 5.84. The van der Waals surface area contributed by atoms with Crippen molar-refractivity contribution < 1.29 is 14.0 Å². The monoisotopic (exact) mass is 455 g/mol. The third-order valence-corrected chi connectivity index (χ3v) is 5.71. The Morgan fingerprint density at radius 3 is 2.38 bits per heavy atom. The van der Waals surface area contributed by atoms with Crippen molar-refractivity contribution in [1.82, 2.24) is 15.3 Å². The number of nitrogens with zero attached hydrogens (tertiary/aromatic N) is 2. The van der Waals surface area contributed by atoms with Gasteiger partial charge in [-0.25, -0.2) is 14.4 Å². The van der Waals surface area contributed by atoms with Gasteiger partial charge in [0, 0.05) is 17.5 Å². The standard InChI is InChI=1S/C28H26FN3O2/c1-18(33)7-6-10-25-27(21-8-4-3-5-9-21)32-24-16-13-22(17-26(24)31-25)28(34)30-19(2)20-11-14-23(29)15-12-20/h3-5,8-9,11-17,19H,6-7,10H2,1-2H3,(H,30,34)/t19-/m1/s1. The van der Waals surface area contributed by atoms with E-state index in [1.54, 1.807) is 37.3 Å². The van der Waals surface area contributed by atoms with Crippen molar-refractivity contribution in [2.75, 3.05) is 0 Å². The van der Waals surface area contributed by atoms with E-state index in [0.29, 0.717) is 35.9 Å². The van der Waals surface area contributed by atoms with Gasteiger partial charge in [-0.1, -0.05) is 42.5 Å². The molecule has 0 aliphatic carbocycles. The number of carbonyl (C=O) groups is 2. The molecule has 0 aliphatic heterocycles. The predicted molar refractivity (Wildman–Crippen MR) is 131 cm³/mol. The fraction of sp³-hybridized carbons (Fsp3) is 0.214. The number of fused-ring (bicyclic) bond motifs is 1. The number of amides is 1. The summed E-state index contributed by atoms with van der Waals surface area (Å²) in [6.07, 6.45) is 1.78. The van der Waals surface area contributed by atoms with Gasteiger partial charge in [0.15, 0.2) is 0 Å². The maximum Gasteiger partial charge on any atom is 0.251 e. The summed E-state index contributed by atoms with van der Waals surface area (Å²) >= 11 is 0. The molecule has 0 saturated heterocycles. The molecule has 0 saturated carbocycles. The molecule has 0 aliphatic rings. The molecule has 4 rings (SSSR count). The zero-order valence-electron chi connectivity index (χ0n) is 19.2. The summed E-state index contributed by atoms with van der Waals surface area (Å²) in [6.45, 7) is 3.44.